The van der Waals surface area contributed by atoms with E-state index in [1.54, 1.807) is 77.0 Å². The van der Waals surface area contributed by atoms with Crippen molar-refractivity contribution < 1.29 is 0 Å². The third-order valence-electron chi connectivity index (χ3n) is 9.88. The number of hydrogen-bond acceptors (Lipinski definition) is 0. The molecule has 0 N–H and O–H groups in total. The molecule has 4 unspecified atom stereocenters. The molecule has 9 atom stereocenters. The molecule has 0 aromatic rings. The summed E-state index contributed by atoms with van der Waals surface area (Å²) in [6.45, 7) is 0. The van der Waals surface area contributed by atoms with Crippen molar-refractivity contribution in [1.82, 2.24) is 0 Å². The van der Waals surface area contributed by atoms with Gasteiger partial charge in [0, 0.05) is 0 Å². The van der Waals surface area contributed by atoms with Crippen LogP contribution in [0.4, 0.5) is 0 Å². The lowest BCUT2D eigenvalue weighted by Gasteiger charge is -2.63. The molecule has 0 aromatic heterocycles. The van der Waals surface area contributed by atoms with E-state index >= 15 is 0 Å². The van der Waals surface area contributed by atoms with E-state index in [1.165, 1.54) is 41.4 Å². The van der Waals surface area contributed by atoms with Gasteiger partial charge in [0.2, 0.25) is 0 Å². The van der Waals surface area contributed by atoms with E-state index < -0.39 is 0 Å². The van der Waals surface area contributed by atoms with Crippen molar-refractivity contribution in [2.24, 2.45) is 52.8 Å². The zero-order valence-corrected chi connectivity index (χ0v) is 13.6. The zero-order chi connectivity index (χ0) is 13.6. The molecular formula is C21H32. The Morgan fingerprint density at radius 2 is 1.57 bits per heavy atom. The van der Waals surface area contributed by atoms with Crippen molar-refractivity contribution in [3.63, 3.8) is 0 Å². The van der Waals surface area contributed by atoms with Crippen LogP contribution in [0.5, 0.6) is 0 Å². The molecule has 7 rings (SSSR count). The molecule has 21 heavy (non-hydrogen) atoms. The van der Waals surface area contributed by atoms with Crippen molar-refractivity contribution in [3.8, 4) is 0 Å². The summed E-state index contributed by atoms with van der Waals surface area (Å²) in [5, 5.41) is 0. The van der Waals surface area contributed by atoms with Gasteiger partial charge in [-0.15, -0.1) is 0 Å². The highest BCUT2D eigenvalue weighted by molar-refractivity contribution is 5.13. The van der Waals surface area contributed by atoms with Crippen molar-refractivity contribution in [3.05, 3.63) is 0 Å². The first-order valence-electron chi connectivity index (χ1n) is 10.4. The molecule has 7 saturated carbocycles. The van der Waals surface area contributed by atoms with E-state index in [4.69, 9.17) is 0 Å². The fourth-order valence-electron chi connectivity index (χ4n) is 9.63. The van der Waals surface area contributed by atoms with Crippen LogP contribution in [0.15, 0.2) is 0 Å². The third-order valence-corrected chi connectivity index (χ3v) is 9.88. The summed E-state index contributed by atoms with van der Waals surface area (Å²) in [4.78, 5) is 0. The predicted octanol–water partition coefficient (Wildman–Crippen LogP) is 5.67. The molecule has 116 valence electrons. The summed E-state index contributed by atoms with van der Waals surface area (Å²) < 4.78 is 0. The smallest absolute Gasteiger partial charge is 0.0233 e. The second-order valence-corrected chi connectivity index (χ2v) is 10.1. The molecule has 7 aliphatic rings. The molecule has 0 nitrogen and oxygen atoms in total. The van der Waals surface area contributed by atoms with Gasteiger partial charge >= 0.3 is 0 Å². The molecule has 0 aliphatic heterocycles. The molecule has 6 bridgehead atoms. The van der Waals surface area contributed by atoms with Gasteiger partial charge in [-0.1, -0.05) is 25.7 Å². The molecule has 0 amide bonds. The van der Waals surface area contributed by atoms with Gasteiger partial charge in [0.25, 0.3) is 0 Å². The Hall–Kier alpha value is 0. The SMILES string of the molecule is C1C[C@@H]2[C@H](C1)[C@@H]1C[C@@H]2[C@@H](C23CCCC4CC(CCC42)C3)C1. The Morgan fingerprint density at radius 1 is 0.619 bits per heavy atom. The molecule has 7 aliphatic carbocycles. The number of fused-ring (bicyclic) bond motifs is 6. The Labute approximate surface area is 130 Å². The summed E-state index contributed by atoms with van der Waals surface area (Å²) in [5.74, 6) is 9.47. The molecule has 0 heterocycles. The van der Waals surface area contributed by atoms with E-state index in [1.807, 2.05) is 0 Å². The Balaban J connectivity index is 1.38. The van der Waals surface area contributed by atoms with Gasteiger partial charge in [0.15, 0.2) is 0 Å². The maximum atomic E-state index is 1.68. The van der Waals surface area contributed by atoms with Crippen LogP contribution in [0.2, 0.25) is 0 Å². The Bertz CT molecular complexity index is 453. The van der Waals surface area contributed by atoms with Crippen LogP contribution in [-0.2, 0) is 0 Å². The van der Waals surface area contributed by atoms with Gasteiger partial charge in [-0.05, 0) is 104 Å². The van der Waals surface area contributed by atoms with Gasteiger partial charge in [0.1, 0.15) is 0 Å². The maximum absolute atomic E-state index is 1.68. The summed E-state index contributed by atoms with van der Waals surface area (Å²) in [5.41, 5.74) is 0.872. The van der Waals surface area contributed by atoms with Gasteiger partial charge < -0.3 is 0 Å². The third kappa shape index (κ3) is 1.44. The fourth-order valence-corrected chi connectivity index (χ4v) is 9.63. The number of hydrogen-bond donors (Lipinski definition) is 0. The molecule has 0 aromatic carbocycles. The Morgan fingerprint density at radius 3 is 2.52 bits per heavy atom. The van der Waals surface area contributed by atoms with Crippen LogP contribution < -0.4 is 0 Å². The highest BCUT2D eigenvalue weighted by Gasteiger charge is 2.64. The van der Waals surface area contributed by atoms with E-state index in [9.17, 15) is 0 Å². The zero-order valence-electron chi connectivity index (χ0n) is 13.6. The molecule has 0 spiro atoms. The summed E-state index contributed by atoms with van der Waals surface area (Å²) in [7, 11) is 0. The van der Waals surface area contributed by atoms with Gasteiger partial charge in [-0.3, -0.25) is 0 Å². The number of rotatable bonds is 1. The molecule has 0 radical (unpaired) electrons. The van der Waals surface area contributed by atoms with Crippen LogP contribution in [0.3, 0.4) is 0 Å². The quantitative estimate of drug-likeness (QED) is 0.582. The van der Waals surface area contributed by atoms with E-state index in [0.29, 0.717) is 0 Å². The minimum Gasteiger partial charge on any atom is -0.0527 e. The molecule has 7 fully saturated rings. The minimum absolute atomic E-state index is 0.872. The summed E-state index contributed by atoms with van der Waals surface area (Å²) >= 11 is 0. The molecule has 0 heteroatoms. The standard InChI is InChI=1S/C21H32/c1-4-16-15-10-18(17(16)5-1)20(11-15)21-8-2-3-14-9-13(12-21)6-7-19(14)21/h13-20H,1-12H2/t13?,14?,15-,16-,17-,18+,19?,20+,21?/m1/s1. The average Bonchev–Trinajstić information content (AvgIpc) is 3.20. The Kier molecular flexibility index (Phi) is 2.42. The normalized spacial score (nSPS) is 64.0. The van der Waals surface area contributed by atoms with Crippen molar-refractivity contribution in [2.75, 3.05) is 0 Å². The highest BCUT2D eigenvalue weighted by atomic mass is 14.7. The summed E-state index contributed by atoms with van der Waals surface area (Å²) in [6, 6.07) is 0. The first-order valence-corrected chi connectivity index (χ1v) is 10.4. The van der Waals surface area contributed by atoms with Crippen LogP contribution >= 0.6 is 0 Å². The van der Waals surface area contributed by atoms with E-state index in [0.717, 1.165) is 11.3 Å². The van der Waals surface area contributed by atoms with E-state index in [-0.39, 0.29) is 0 Å². The second kappa shape index (κ2) is 4.09. The lowest BCUT2D eigenvalue weighted by Crippen LogP contribution is -2.54. The highest BCUT2D eigenvalue weighted by Crippen LogP contribution is 2.72. The van der Waals surface area contributed by atoms with Gasteiger partial charge in [-0.25, -0.2) is 0 Å². The van der Waals surface area contributed by atoms with Crippen LogP contribution in [-0.4, -0.2) is 0 Å². The van der Waals surface area contributed by atoms with Gasteiger partial charge in [0.05, 0.1) is 0 Å². The monoisotopic (exact) mass is 284 g/mol. The van der Waals surface area contributed by atoms with Gasteiger partial charge in [-0.2, -0.15) is 0 Å². The van der Waals surface area contributed by atoms with Crippen LogP contribution in [0.25, 0.3) is 0 Å². The van der Waals surface area contributed by atoms with Crippen LogP contribution in [0, 0.1) is 52.8 Å². The molecule has 0 saturated heterocycles. The maximum Gasteiger partial charge on any atom is -0.0233 e. The second-order valence-electron chi connectivity index (χ2n) is 10.1. The minimum atomic E-state index is 0.872. The summed E-state index contributed by atoms with van der Waals surface area (Å²) in [6.07, 6.45) is 19.6. The van der Waals surface area contributed by atoms with Crippen molar-refractivity contribution >= 4 is 0 Å². The van der Waals surface area contributed by atoms with E-state index in [2.05, 4.69) is 0 Å². The fraction of sp³-hybridized carbons (Fsp3) is 1.00. The molecular weight excluding hydrogens is 252 g/mol. The average molecular weight is 284 g/mol. The largest absolute Gasteiger partial charge is 0.0527 e. The first kappa shape index (κ1) is 12.4. The first-order chi connectivity index (χ1) is 10.4. The van der Waals surface area contributed by atoms with Crippen LogP contribution in [0.1, 0.15) is 77.0 Å². The lowest BCUT2D eigenvalue weighted by molar-refractivity contribution is -0.135. The lowest BCUT2D eigenvalue weighted by atomic mass is 9.42. The predicted molar refractivity (Wildman–Crippen MR) is 85.8 cm³/mol. The van der Waals surface area contributed by atoms with Crippen molar-refractivity contribution in [2.45, 2.75) is 77.0 Å². The topological polar surface area (TPSA) is 0 Å². The van der Waals surface area contributed by atoms with Crippen molar-refractivity contribution in [1.29, 1.82) is 0 Å².